The Morgan fingerprint density at radius 2 is 1.67 bits per heavy atom. The van der Waals surface area contributed by atoms with Crippen molar-refractivity contribution in [2.24, 2.45) is 0 Å². The fourth-order valence-corrected chi connectivity index (χ4v) is 3.32. The normalized spacial score (nSPS) is 23.6. The van der Waals surface area contributed by atoms with Crippen LogP contribution in [0.1, 0.15) is 28.7 Å². The van der Waals surface area contributed by atoms with Crippen LogP contribution in [0.4, 0.5) is 4.39 Å². The van der Waals surface area contributed by atoms with Crippen LogP contribution in [0.15, 0.2) is 54.6 Å². The number of nitrogens with one attached hydrogen (secondary N) is 2. The highest BCUT2D eigenvalue weighted by molar-refractivity contribution is 5.67. The van der Waals surface area contributed by atoms with Crippen LogP contribution in [0.2, 0.25) is 0 Å². The van der Waals surface area contributed by atoms with Crippen LogP contribution in [-0.2, 0) is 4.74 Å². The van der Waals surface area contributed by atoms with Gasteiger partial charge in [0.05, 0.1) is 12.7 Å². The summed E-state index contributed by atoms with van der Waals surface area (Å²) in [5.74, 6) is 0.0927. The molecule has 0 radical (unpaired) electrons. The van der Waals surface area contributed by atoms with Crippen molar-refractivity contribution >= 4 is 5.70 Å². The van der Waals surface area contributed by atoms with E-state index in [2.05, 4.69) is 41.0 Å². The third-order valence-electron chi connectivity index (χ3n) is 4.70. The summed E-state index contributed by atoms with van der Waals surface area (Å²) in [7, 11) is 0. The molecule has 1 saturated heterocycles. The number of morpholine rings is 1. The van der Waals surface area contributed by atoms with Gasteiger partial charge < -0.3 is 15.4 Å². The molecule has 0 aliphatic carbocycles. The predicted octanol–water partition coefficient (Wildman–Crippen LogP) is 3.21. The van der Waals surface area contributed by atoms with Crippen molar-refractivity contribution in [2.45, 2.75) is 12.0 Å². The molecule has 2 heterocycles. The zero-order valence-electron chi connectivity index (χ0n) is 13.5. The molecule has 24 heavy (non-hydrogen) atoms. The molecule has 2 aliphatic rings. The van der Waals surface area contributed by atoms with Crippen molar-refractivity contribution in [3.8, 4) is 0 Å². The van der Waals surface area contributed by atoms with Gasteiger partial charge in [-0.15, -0.1) is 0 Å². The van der Waals surface area contributed by atoms with Crippen molar-refractivity contribution < 1.29 is 9.13 Å². The average molecular weight is 324 g/mol. The van der Waals surface area contributed by atoms with Gasteiger partial charge in [-0.05, 0) is 28.8 Å². The number of benzene rings is 2. The van der Waals surface area contributed by atoms with E-state index in [0.717, 1.165) is 37.5 Å². The molecule has 2 aromatic carbocycles. The van der Waals surface area contributed by atoms with E-state index in [1.165, 1.54) is 23.3 Å². The molecule has 2 aromatic rings. The van der Waals surface area contributed by atoms with Gasteiger partial charge in [0.2, 0.25) is 0 Å². The molecule has 124 valence electrons. The fourth-order valence-electron chi connectivity index (χ4n) is 3.32. The summed E-state index contributed by atoms with van der Waals surface area (Å²) in [5, 5.41) is 6.81. The maximum atomic E-state index is 13.1. The average Bonchev–Trinajstić information content (AvgIpc) is 3.13. The lowest BCUT2D eigenvalue weighted by Gasteiger charge is -2.24. The van der Waals surface area contributed by atoms with Gasteiger partial charge in [0.1, 0.15) is 5.82 Å². The van der Waals surface area contributed by atoms with E-state index in [0.29, 0.717) is 0 Å². The molecule has 2 atom stereocenters. The Hall–Kier alpha value is -2.17. The Labute approximate surface area is 141 Å². The van der Waals surface area contributed by atoms with Crippen molar-refractivity contribution in [3.63, 3.8) is 0 Å². The van der Waals surface area contributed by atoms with Gasteiger partial charge in [-0.25, -0.2) is 4.39 Å². The van der Waals surface area contributed by atoms with Crippen LogP contribution in [0.3, 0.4) is 0 Å². The Morgan fingerprint density at radius 3 is 2.38 bits per heavy atom. The Morgan fingerprint density at radius 1 is 0.917 bits per heavy atom. The number of hydrogen-bond donors (Lipinski definition) is 2. The van der Waals surface area contributed by atoms with Gasteiger partial charge in [0.25, 0.3) is 0 Å². The predicted molar refractivity (Wildman–Crippen MR) is 93.1 cm³/mol. The highest BCUT2D eigenvalue weighted by Crippen LogP contribution is 2.28. The first kappa shape index (κ1) is 15.4. The molecular weight excluding hydrogens is 303 g/mol. The van der Waals surface area contributed by atoms with Crippen molar-refractivity contribution in [3.05, 3.63) is 77.1 Å². The van der Waals surface area contributed by atoms with Crippen molar-refractivity contribution in [2.75, 3.05) is 26.2 Å². The number of rotatable bonds is 3. The third-order valence-corrected chi connectivity index (χ3v) is 4.70. The molecule has 0 aromatic heterocycles. The smallest absolute Gasteiger partial charge is 0.123 e. The van der Waals surface area contributed by atoms with E-state index in [4.69, 9.17) is 4.74 Å². The number of hydrogen-bond acceptors (Lipinski definition) is 3. The summed E-state index contributed by atoms with van der Waals surface area (Å²) >= 11 is 0. The summed E-state index contributed by atoms with van der Waals surface area (Å²) < 4.78 is 18.9. The Bertz CT molecular complexity index is 718. The molecule has 0 spiro atoms. The minimum Gasteiger partial charge on any atom is -0.384 e. The van der Waals surface area contributed by atoms with Crippen LogP contribution >= 0.6 is 0 Å². The van der Waals surface area contributed by atoms with Gasteiger partial charge in [-0.3, -0.25) is 0 Å². The van der Waals surface area contributed by atoms with Gasteiger partial charge in [-0.1, -0.05) is 42.5 Å². The van der Waals surface area contributed by atoms with E-state index >= 15 is 0 Å². The van der Waals surface area contributed by atoms with Gasteiger partial charge in [0, 0.05) is 31.2 Å². The molecule has 0 amide bonds. The fraction of sp³-hybridized carbons (Fsp3) is 0.300. The lowest BCUT2D eigenvalue weighted by molar-refractivity contribution is 0.0277. The second kappa shape index (κ2) is 6.75. The SMILES string of the molecule is Fc1ccc(C2C=C(c3ccc([C@H]4CNCCO4)cc3)NC2)cc1. The van der Waals surface area contributed by atoms with Crippen molar-refractivity contribution in [1.29, 1.82) is 0 Å². The molecule has 3 nitrogen and oxygen atoms in total. The zero-order chi connectivity index (χ0) is 16.4. The topological polar surface area (TPSA) is 33.3 Å². The molecule has 1 fully saturated rings. The maximum absolute atomic E-state index is 13.1. The summed E-state index contributed by atoms with van der Waals surface area (Å²) in [5.41, 5.74) is 4.66. The van der Waals surface area contributed by atoms with E-state index in [1.54, 1.807) is 0 Å². The molecule has 2 N–H and O–H groups in total. The molecule has 4 heteroatoms. The standard InChI is InChI=1S/C20H21FN2O/c21-18-7-5-14(6-8-18)17-11-19(23-12-17)15-1-3-16(4-2-15)20-13-22-9-10-24-20/h1-8,11,17,20,22-23H,9-10,12-13H2/t17?,20-/m1/s1. The first-order valence-corrected chi connectivity index (χ1v) is 8.43. The van der Waals surface area contributed by atoms with Crippen LogP contribution in [-0.4, -0.2) is 26.2 Å². The molecule has 0 saturated carbocycles. The minimum atomic E-state index is -0.191. The Kier molecular flexibility index (Phi) is 4.32. The second-order valence-corrected chi connectivity index (χ2v) is 6.30. The minimum absolute atomic E-state index is 0.144. The molecule has 0 bridgehead atoms. The van der Waals surface area contributed by atoms with Gasteiger partial charge in [-0.2, -0.15) is 0 Å². The second-order valence-electron chi connectivity index (χ2n) is 6.30. The lowest BCUT2D eigenvalue weighted by atomic mass is 9.99. The summed E-state index contributed by atoms with van der Waals surface area (Å²) in [6, 6.07) is 15.3. The summed E-state index contributed by atoms with van der Waals surface area (Å²) in [6.07, 6.45) is 2.37. The van der Waals surface area contributed by atoms with Crippen LogP contribution in [0.5, 0.6) is 0 Å². The van der Waals surface area contributed by atoms with Gasteiger partial charge in [0.15, 0.2) is 0 Å². The van der Waals surface area contributed by atoms with E-state index in [9.17, 15) is 4.39 Å². The van der Waals surface area contributed by atoms with E-state index in [1.807, 2.05) is 12.1 Å². The van der Waals surface area contributed by atoms with Crippen LogP contribution < -0.4 is 10.6 Å². The van der Waals surface area contributed by atoms with Crippen LogP contribution in [0, 0.1) is 5.82 Å². The third kappa shape index (κ3) is 3.21. The quantitative estimate of drug-likeness (QED) is 0.909. The first-order valence-electron chi connectivity index (χ1n) is 8.43. The summed E-state index contributed by atoms with van der Waals surface area (Å²) in [6.45, 7) is 3.40. The lowest BCUT2D eigenvalue weighted by Crippen LogP contribution is -2.33. The number of ether oxygens (including phenoxy) is 1. The zero-order valence-corrected chi connectivity index (χ0v) is 13.5. The van der Waals surface area contributed by atoms with E-state index in [-0.39, 0.29) is 17.8 Å². The number of halogens is 1. The molecule has 1 unspecified atom stereocenters. The molecular formula is C20H21FN2O. The highest BCUT2D eigenvalue weighted by atomic mass is 19.1. The molecule has 4 rings (SSSR count). The molecule has 2 aliphatic heterocycles. The van der Waals surface area contributed by atoms with Crippen LogP contribution in [0.25, 0.3) is 5.70 Å². The monoisotopic (exact) mass is 324 g/mol. The van der Waals surface area contributed by atoms with E-state index < -0.39 is 0 Å². The largest absolute Gasteiger partial charge is 0.384 e. The van der Waals surface area contributed by atoms with Gasteiger partial charge >= 0.3 is 0 Å². The highest BCUT2D eigenvalue weighted by Gasteiger charge is 2.19. The summed E-state index contributed by atoms with van der Waals surface area (Å²) in [4.78, 5) is 0. The Balaban J connectivity index is 1.49. The first-order chi connectivity index (χ1) is 11.8. The maximum Gasteiger partial charge on any atom is 0.123 e. The van der Waals surface area contributed by atoms with Crippen molar-refractivity contribution in [1.82, 2.24) is 10.6 Å².